The van der Waals surface area contributed by atoms with Gasteiger partial charge in [0.1, 0.15) is 0 Å². The molecule has 1 N–H and O–H groups in total. The molecule has 0 spiro atoms. The van der Waals surface area contributed by atoms with Crippen LogP contribution in [0.15, 0.2) is 60.7 Å². The Morgan fingerprint density at radius 1 is 0.955 bits per heavy atom. The minimum atomic E-state index is -0.795. The van der Waals surface area contributed by atoms with Crippen molar-refractivity contribution in [3.63, 3.8) is 0 Å². The van der Waals surface area contributed by atoms with Crippen molar-refractivity contribution >= 4 is 12.0 Å². The molecule has 0 aliphatic heterocycles. The summed E-state index contributed by atoms with van der Waals surface area (Å²) in [5, 5.41) is 8.69. The monoisotopic (exact) mass is 296 g/mol. The van der Waals surface area contributed by atoms with E-state index in [-0.39, 0.29) is 6.42 Å². The molecule has 22 heavy (non-hydrogen) atoms. The van der Waals surface area contributed by atoms with Gasteiger partial charge in [0.15, 0.2) is 0 Å². The van der Waals surface area contributed by atoms with Gasteiger partial charge >= 0.3 is 5.97 Å². The first-order chi connectivity index (χ1) is 10.7. The third-order valence-electron chi connectivity index (χ3n) is 2.84. The van der Waals surface area contributed by atoms with Crippen molar-refractivity contribution in [1.29, 1.82) is 0 Å². The topological polar surface area (TPSA) is 37.3 Å². The predicted octanol–water partition coefficient (Wildman–Crippen LogP) is 4.99. The number of allylic oxidation sites excluding steroid dienone is 1. The Kier molecular flexibility index (Phi) is 8.36. The Labute approximate surface area is 133 Å². The van der Waals surface area contributed by atoms with Crippen LogP contribution in [-0.2, 0) is 17.6 Å². The van der Waals surface area contributed by atoms with E-state index in [0.29, 0.717) is 0 Å². The van der Waals surface area contributed by atoms with E-state index in [1.807, 2.05) is 42.5 Å². The SMILES string of the molecule is CCC.O=C(O)Cc1ccc(C/C=C/c2ccccc2)cc1. The van der Waals surface area contributed by atoms with Gasteiger partial charge in [0, 0.05) is 0 Å². The van der Waals surface area contributed by atoms with E-state index in [1.54, 1.807) is 0 Å². The van der Waals surface area contributed by atoms with Crippen LogP contribution in [0.2, 0.25) is 0 Å². The third kappa shape index (κ3) is 7.44. The predicted molar refractivity (Wildman–Crippen MR) is 92.9 cm³/mol. The molecule has 0 saturated heterocycles. The lowest BCUT2D eigenvalue weighted by Gasteiger charge is -2.00. The first kappa shape index (κ1) is 17.7. The molecule has 2 rings (SSSR count). The maximum Gasteiger partial charge on any atom is 0.307 e. The molecule has 0 heterocycles. The number of benzene rings is 2. The van der Waals surface area contributed by atoms with Crippen molar-refractivity contribution in [2.45, 2.75) is 33.1 Å². The summed E-state index contributed by atoms with van der Waals surface area (Å²) in [6, 6.07) is 17.9. The molecule has 0 atom stereocenters. The highest BCUT2D eigenvalue weighted by Gasteiger charge is 1.99. The van der Waals surface area contributed by atoms with Gasteiger partial charge in [-0.2, -0.15) is 0 Å². The fourth-order valence-electron chi connectivity index (χ4n) is 1.86. The van der Waals surface area contributed by atoms with Crippen molar-refractivity contribution in [2.75, 3.05) is 0 Å². The van der Waals surface area contributed by atoms with Crippen LogP contribution in [-0.4, -0.2) is 11.1 Å². The first-order valence-corrected chi connectivity index (χ1v) is 7.66. The molecule has 0 aliphatic carbocycles. The summed E-state index contributed by atoms with van der Waals surface area (Å²) in [4.78, 5) is 10.6. The van der Waals surface area contributed by atoms with Gasteiger partial charge in [0.05, 0.1) is 6.42 Å². The highest BCUT2D eigenvalue weighted by atomic mass is 16.4. The van der Waals surface area contributed by atoms with Crippen LogP contribution in [0.1, 0.15) is 37.0 Å². The largest absolute Gasteiger partial charge is 0.481 e. The summed E-state index contributed by atoms with van der Waals surface area (Å²) < 4.78 is 0. The van der Waals surface area contributed by atoms with E-state index in [0.717, 1.165) is 12.0 Å². The number of carbonyl (C=O) groups is 1. The highest BCUT2D eigenvalue weighted by Crippen LogP contribution is 2.08. The number of rotatable bonds is 5. The Balaban J connectivity index is 0.000000745. The zero-order chi connectivity index (χ0) is 16.2. The normalized spacial score (nSPS) is 10.1. The van der Waals surface area contributed by atoms with Gasteiger partial charge in [-0.25, -0.2) is 0 Å². The van der Waals surface area contributed by atoms with Crippen LogP contribution >= 0.6 is 0 Å². The second-order valence-corrected chi connectivity index (χ2v) is 5.11. The molecular weight excluding hydrogens is 272 g/mol. The van der Waals surface area contributed by atoms with Gasteiger partial charge in [-0.3, -0.25) is 4.79 Å². The number of carboxylic acid groups (broad SMARTS) is 1. The Bertz CT molecular complexity index is 568. The molecule has 2 aromatic rings. The summed E-state index contributed by atoms with van der Waals surface area (Å²) >= 11 is 0. The van der Waals surface area contributed by atoms with E-state index in [1.165, 1.54) is 17.5 Å². The molecular formula is C20H24O2. The number of aliphatic carboxylic acids is 1. The summed E-state index contributed by atoms with van der Waals surface area (Å²) in [6.07, 6.45) is 6.38. The van der Waals surface area contributed by atoms with E-state index < -0.39 is 5.97 Å². The molecule has 0 bridgehead atoms. The summed E-state index contributed by atoms with van der Waals surface area (Å²) in [7, 11) is 0. The van der Waals surface area contributed by atoms with Gasteiger partial charge in [-0.1, -0.05) is 87.0 Å². The van der Waals surface area contributed by atoms with Crippen molar-refractivity contribution in [2.24, 2.45) is 0 Å². The van der Waals surface area contributed by atoms with Gasteiger partial charge in [0.25, 0.3) is 0 Å². The highest BCUT2D eigenvalue weighted by molar-refractivity contribution is 5.70. The zero-order valence-corrected chi connectivity index (χ0v) is 13.3. The molecule has 0 aromatic heterocycles. The third-order valence-corrected chi connectivity index (χ3v) is 2.84. The lowest BCUT2D eigenvalue weighted by Crippen LogP contribution is -1.99. The minimum Gasteiger partial charge on any atom is -0.481 e. The smallest absolute Gasteiger partial charge is 0.307 e. The van der Waals surface area contributed by atoms with Gasteiger partial charge in [-0.15, -0.1) is 0 Å². The molecule has 0 fully saturated rings. The number of hydrogen-bond acceptors (Lipinski definition) is 1. The number of hydrogen-bond donors (Lipinski definition) is 1. The molecule has 116 valence electrons. The van der Waals surface area contributed by atoms with Crippen LogP contribution in [0.4, 0.5) is 0 Å². The maximum absolute atomic E-state index is 10.6. The molecule has 2 heteroatoms. The fourth-order valence-corrected chi connectivity index (χ4v) is 1.86. The fraction of sp³-hybridized carbons (Fsp3) is 0.250. The average molecular weight is 296 g/mol. The first-order valence-electron chi connectivity index (χ1n) is 7.66. The summed E-state index contributed by atoms with van der Waals surface area (Å²) in [6.45, 7) is 4.25. The average Bonchev–Trinajstić information content (AvgIpc) is 2.50. The van der Waals surface area contributed by atoms with E-state index >= 15 is 0 Å². The van der Waals surface area contributed by atoms with E-state index in [4.69, 9.17) is 5.11 Å². The Hall–Kier alpha value is -2.35. The van der Waals surface area contributed by atoms with Crippen LogP contribution in [0.5, 0.6) is 0 Å². The lowest BCUT2D eigenvalue weighted by molar-refractivity contribution is -0.136. The molecule has 0 radical (unpaired) electrons. The number of carboxylic acids is 1. The van der Waals surface area contributed by atoms with Crippen molar-refractivity contribution in [3.8, 4) is 0 Å². The van der Waals surface area contributed by atoms with E-state index in [2.05, 4.69) is 38.1 Å². The molecule has 0 amide bonds. The second-order valence-electron chi connectivity index (χ2n) is 5.11. The Morgan fingerprint density at radius 3 is 2.05 bits per heavy atom. The van der Waals surface area contributed by atoms with Crippen molar-refractivity contribution < 1.29 is 9.90 Å². The van der Waals surface area contributed by atoms with Crippen LogP contribution < -0.4 is 0 Å². The van der Waals surface area contributed by atoms with Gasteiger partial charge < -0.3 is 5.11 Å². The molecule has 2 nitrogen and oxygen atoms in total. The van der Waals surface area contributed by atoms with Gasteiger partial charge in [0.2, 0.25) is 0 Å². The van der Waals surface area contributed by atoms with Crippen LogP contribution in [0, 0.1) is 0 Å². The van der Waals surface area contributed by atoms with Crippen molar-refractivity contribution in [3.05, 3.63) is 77.4 Å². The summed E-state index contributed by atoms with van der Waals surface area (Å²) in [5.74, 6) is -0.795. The molecule has 0 aliphatic rings. The standard InChI is InChI=1S/C17H16O2.C3H8/c18-17(19)13-16-11-9-15(10-12-16)8-4-7-14-5-2-1-3-6-14;1-3-2/h1-7,9-12H,8,13H2,(H,18,19);3H2,1-2H3/b7-4+;. The van der Waals surface area contributed by atoms with Gasteiger partial charge in [-0.05, 0) is 23.1 Å². The molecule has 0 saturated carbocycles. The summed E-state index contributed by atoms with van der Waals surface area (Å²) in [5.41, 5.74) is 3.20. The Morgan fingerprint density at radius 2 is 1.50 bits per heavy atom. The molecule has 0 unspecified atom stereocenters. The zero-order valence-electron chi connectivity index (χ0n) is 13.3. The maximum atomic E-state index is 10.6. The second kappa shape index (κ2) is 10.4. The lowest BCUT2D eigenvalue weighted by atomic mass is 10.1. The van der Waals surface area contributed by atoms with Crippen LogP contribution in [0.3, 0.4) is 0 Å². The van der Waals surface area contributed by atoms with Crippen molar-refractivity contribution in [1.82, 2.24) is 0 Å². The quantitative estimate of drug-likeness (QED) is 0.844. The van der Waals surface area contributed by atoms with E-state index in [9.17, 15) is 4.79 Å². The minimum absolute atomic E-state index is 0.0835. The van der Waals surface area contributed by atoms with Crippen LogP contribution in [0.25, 0.3) is 6.08 Å². The molecule has 2 aromatic carbocycles.